The average molecular weight is 639 g/mol. The van der Waals surface area contributed by atoms with Crippen molar-refractivity contribution in [3.05, 3.63) is 106 Å². The molecule has 8 nitrogen and oxygen atoms in total. The van der Waals surface area contributed by atoms with Gasteiger partial charge in [-0.15, -0.1) is 0 Å². The Labute approximate surface area is 251 Å². The zero-order valence-corrected chi connectivity index (χ0v) is 26.1. The number of nitrogens with zero attached hydrogens (tertiary/aromatic N) is 2. The van der Waals surface area contributed by atoms with Gasteiger partial charge in [0.2, 0.25) is 5.69 Å². The minimum atomic E-state index is -4.30. The van der Waals surface area contributed by atoms with Crippen LogP contribution in [0.3, 0.4) is 0 Å². The summed E-state index contributed by atoms with van der Waals surface area (Å²) in [5.74, 6) is -1.18. The Hall–Kier alpha value is -2.73. The van der Waals surface area contributed by atoms with Gasteiger partial charge in [-0.3, -0.25) is 9.11 Å². The fourth-order valence-electron chi connectivity index (χ4n) is 5.39. The third-order valence-electron chi connectivity index (χ3n) is 7.24. The van der Waals surface area contributed by atoms with Gasteiger partial charge in [-0.1, -0.05) is 67.4 Å². The maximum Gasteiger partial charge on any atom is 0.326 e. The Morgan fingerprint density at radius 2 is 1.39 bits per heavy atom. The number of anilines is 1. The van der Waals surface area contributed by atoms with E-state index in [1.807, 2.05) is 27.7 Å². The number of hydrogen-bond acceptors (Lipinski definition) is 5. The average Bonchev–Trinajstić information content (AvgIpc) is 3.15. The lowest BCUT2D eigenvalue weighted by Crippen LogP contribution is -2.30. The topological polar surface area (TPSA) is 115 Å². The first-order chi connectivity index (χ1) is 18.9. The van der Waals surface area contributed by atoms with Crippen LogP contribution >= 0.6 is 23.2 Å². The van der Waals surface area contributed by atoms with Crippen LogP contribution in [0.1, 0.15) is 38.8 Å². The normalized spacial score (nSPS) is 19.3. The Kier molecular flexibility index (Phi) is 8.50. The Balaban J connectivity index is 1.60. The van der Waals surface area contributed by atoms with E-state index in [-0.39, 0.29) is 0 Å². The Morgan fingerprint density at radius 3 is 2.02 bits per heavy atom. The van der Waals surface area contributed by atoms with Crippen LogP contribution in [0.4, 0.5) is 11.4 Å². The van der Waals surface area contributed by atoms with Crippen molar-refractivity contribution in [3.63, 3.8) is 0 Å². The van der Waals surface area contributed by atoms with E-state index in [9.17, 15) is 25.9 Å². The first kappa shape index (κ1) is 31.2. The SMILES string of the molecule is CC1(C)C(/C=C/C=C/C=C/C=C2/N(CS(=O)(=O)O)c3ccc(Cl)cc3C2(C)C)=[N+](CS(=O)(=O)O)c2ccc(Cl)cc21. The molecule has 2 N–H and O–H groups in total. The highest BCUT2D eigenvalue weighted by molar-refractivity contribution is 7.86. The fourth-order valence-corrected chi connectivity index (χ4v) is 6.94. The van der Waals surface area contributed by atoms with Gasteiger partial charge in [-0.25, -0.2) is 0 Å². The molecule has 2 aromatic rings. The second kappa shape index (κ2) is 11.2. The van der Waals surface area contributed by atoms with Gasteiger partial charge in [0.05, 0.1) is 5.41 Å². The van der Waals surface area contributed by atoms with E-state index in [4.69, 9.17) is 23.2 Å². The van der Waals surface area contributed by atoms with E-state index in [0.29, 0.717) is 32.8 Å². The molecule has 0 aliphatic carbocycles. The zero-order chi connectivity index (χ0) is 30.4. The predicted molar refractivity (Wildman–Crippen MR) is 165 cm³/mol. The standard InChI is InChI=1S/C29H30Cl2N2O6S2/c1-28(2)22-16-20(30)12-14-24(22)32(18-40(34,35)36)26(28)10-8-6-5-7-9-11-27-29(3,4)23-17-21(31)13-15-25(23)33(27)19-41(37,38)39/h5-17H,18-19H2,1-4H3,(H-,34,35,36,37,38,39)/p+1. The predicted octanol–water partition coefficient (Wildman–Crippen LogP) is 6.41. The minimum Gasteiger partial charge on any atom is -0.327 e. The third kappa shape index (κ3) is 6.69. The lowest BCUT2D eigenvalue weighted by molar-refractivity contribution is -0.416. The van der Waals surface area contributed by atoms with E-state index in [1.165, 1.54) is 0 Å². The number of halogens is 2. The number of rotatable bonds is 8. The van der Waals surface area contributed by atoms with Crippen molar-refractivity contribution in [3.8, 4) is 0 Å². The van der Waals surface area contributed by atoms with Crippen LogP contribution in [0.15, 0.2) is 84.6 Å². The van der Waals surface area contributed by atoms with Crippen LogP contribution in [0, 0.1) is 0 Å². The second-order valence-electron chi connectivity index (χ2n) is 10.9. The largest absolute Gasteiger partial charge is 0.327 e. The molecule has 2 aliphatic heterocycles. The molecule has 2 aromatic carbocycles. The molecule has 0 radical (unpaired) electrons. The van der Waals surface area contributed by atoms with Crippen LogP contribution in [0.5, 0.6) is 0 Å². The first-order valence-corrected chi connectivity index (χ1v) is 16.5. The highest BCUT2D eigenvalue weighted by atomic mass is 35.5. The van der Waals surface area contributed by atoms with Crippen molar-refractivity contribution in [1.82, 2.24) is 0 Å². The molecular formula is C29H31Cl2N2O6S2+. The van der Waals surface area contributed by atoms with Gasteiger partial charge in [-0.05, 0) is 55.8 Å². The van der Waals surface area contributed by atoms with E-state index in [1.54, 1.807) is 88.4 Å². The molecule has 0 saturated heterocycles. The monoisotopic (exact) mass is 637 g/mol. The van der Waals surface area contributed by atoms with Gasteiger partial charge in [0, 0.05) is 44.6 Å². The van der Waals surface area contributed by atoms with Crippen molar-refractivity contribution >= 4 is 60.5 Å². The molecular weight excluding hydrogens is 607 g/mol. The molecule has 2 aliphatic rings. The molecule has 0 bridgehead atoms. The lowest BCUT2D eigenvalue weighted by atomic mass is 9.81. The molecule has 0 aromatic heterocycles. The molecule has 218 valence electrons. The summed E-state index contributed by atoms with van der Waals surface area (Å²) >= 11 is 12.4. The quantitative estimate of drug-likeness (QED) is 0.195. The van der Waals surface area contributed by atoms with Gasteiger partial charge in [0.15, 0.2) is 11.6 Å². The highest BCUT2D eigenvalue weighted by Gasteiger charge is 2.45. The van der Waals surface area contributed by atoms with Crippen LogP contribution in [-0.2, 0) is 31.1 Å². The molecule has 41 heavy (non-hydrogen) atoms. The molecule has 0 unspecified atom stereocenters. The molecule has 0 atom stereocenters. The van der Waals surface area contributed by atoms with Crippen molar-refractivity contribution in [1.29, 1.82) is 0 Å². The van der Waals surface area contributed by atoms with Crippen LogP contribution < -0.4 is 4.90 Å². The van der Waals surface area contributed by atoms with Gasteiger partial charge < -0.3 is 4.90 Å². The number of benzene rings is 2. The van der Waals surface area contributed by atoms with Crippen molar-refractivity contribution in [2.24, 2.45) is 0 Å². The molecule has 0 fully saturated rings. The van der Waals surface area contributed by atoms with Crippen LogP contribution in [0.2, 0.25) is 10.0 Å². The van der Waals surface area contributed by atoms with Crippen molar-refractivity contribution in [2.45, 2.75) is 38.5 Å². The number of hydrogen-bond donors (Lipinski definition) is 2. The van der Waals surface area contributed by atoms with Gasteiger partial charge in [-0.2, -0.15) is 21.4 Å². The third-order valence-corrected chi connectivity index (χ3v) is 8.88. The molecule has 0 saturated carbocycles. The highest BCUT2D eigenvalue weighted by Crippen LogP contribution is 2.48. The summed E-state index contributed by atoms with van der Waals surface area (Å²) in [6.45, 7) is 7.81. The minimum absolute atomic E-state index is 0.528. The number of fused-ring (bicyclic) bond motifs is 2. The molecule has 2 heterocycles. The maximum absolute atomic E-state index is 11.8. The van der Waals surface area contributed by atoms with E-state index in [0.717, 1.165) is 11.1 Å². The summed E-state index contributed by atoms with van der Waals surface area (Å²) in [5, 5.41) is 1.06. The summed E-state index contributed by atoms with van der Waals surface area (Å²) < 4.78 is 67.8. The first-order valence-electron chi connectivity index (χ1n) is 12.6. The van der Waals surface area contributed by atoms with Crippen LogP contribution in [0.25, 0.3) is 0 Å². The smallest absolute Gasteiger partial charge is 0.326 e. The number of allylic oxidation sites excluding steroid dienone is 8. The summed E-state index contributed by atoms with van der Waals surface area (Å²) in [6, 6.07) is 10.4. The maximum atomic E-state index is 11.8. The van der Waals surface area contributed by atoms with Gasteiger partial charge in [0.25, 0.3) is 16.0 Å². The van der Waals surface area contributed by atoms with E-state index in [2.05, 4.69) is 0 Å². The summed E-state index contributed by atoms with van der Waals surface area (Å²) in [7, 11) is -8.61. The van der Waals surface area contributed by atoms with E-state index < -0.39 is 42.8 Å². The summed E-state index contributed by atoms with van der Waals surface area (Å²) in [6.07, 6.45) is 12.4. The molecule has 12 heteroatoms. The van der Waals surface area contributed by atoms with Gasteiger partial charge >= 0.3 is 10.1 Å². The fraction of sp³-hybridized carbons (Fsp3) is 0.276. The van der Waals surface area contributed by atoms with Crippen LogP contribution in [-0.4, -0.2) is 48.0 Å². The summed E-state index contributed by atoms with van der Waals surface area (Å²) in [5.41, 5.74) is 3.21. The molecule has 0 amide bonds. The van der Waals surface area contributed by atoms with Gasteiger partial charge in [0.1, 0.15) is 0 Å². The molecule has 0 spiro atoms. The Morgan fingerprint density at radius 1 is 0.805 bits per heavy atom. The van der Waals surface area contributed by atoms with E-state index >= 15 is 0 Å². The Bertz CT molecular complexity index is 1770. The van der Waals surface area contributed by atoms with Crippen molar-refractivity contribution in [2.75, 3.05) is 16.7 Å². The second-order valence-corrected chi connectivity index (χ2v) is 14.6. The lowest BCUT2D eigenvalue weighted by Gasteiger charge is -2.25. The zero-order valence-electron chi connectivity index (χ0n) is 22.9. The molecule has 4 rings (SSSR count). The van der Waals surface area contributed by atoms with Crippen molar-refractivity contribution < 1.29 is 30.5 Å². The summed E-state index contributed by atoms with van der Waals surface area (Å²) in [4.78, 5) is 1.56.